The maximum absolute atomic E-state index is 12.4. The van der Waals surface area contributed by atoms with Crippen LogP contribution >= 0.6 is 0 Å². The third-order valence-corrected chi connectivity index (χ3v) is 5.90. The molecular weight excluding hydrogens is 308 g/mol. The fourth-order valence-corrected chi connectivity index (χ4v) is 4.16. The number of nitrogens with zero attached hydrogens (tertiary/aromatic N) is 3. The van der Waals surface area contributed by atoms with Crippen LogP contribution in [-0.4, -0.2) is 51.6 Å². The molecule has 7 nitrogen and oxygen atoms in total. The van der Waals surface area contributed by atoms with Crippen molar-refractivity contribution in [3.05, 3.63) is 29.6 Å². The zero-order chi connectivity index (χ0) is 16.7. The smallest absolute Gasteiger partial charge is 0.407 e. The van der Waals surface area contributed by atoms with Gasteiger partial charge in [-0.15, -0.1) is 0 Å². The van der Waals surface area contributed by atoms with E-state index in [1.165, 1.54) is 10.5 Å². The lowest BCUT2D eigenvalue weighted by atomic mass is 9.91. The van der Waals surface area contributed by atoms with Crippen molar-refractivity contribution in [1.29, 1.82) is 0 Å². The number of carboxylic acid groups (broad SMARTS) is 1. The summed E-state index contributed by atoms with van der Waals surface area (Å²) >= 11 is 0. The Morgan fingerprint density at radius 1 is 1.25 bits per heavy atom. The maximum Gasteiger partial charge on any atom is 0.407 e. The number of hydrogen-bond acceptors (Lipinski definition) is 3. The summed E-state index contributed by atoms with van der Waals surface area (Å²) in [5, 5.41) is 12.1. The zero-order valence-electron chi connectivity index (χ0n) is 13.6. The number of urea groups is 1. The second-order valence-electron chi connectivity index (χ2n) is 7.22. The van der Waals surface area contributed by atoms with E-state index in [0.29, 0.717) is 38.6 Å². The van der Waals surface area contributed by atoms with Gasteiger partial charge in [0.05, 0.1) is 0 Å². The van der Waals surface area contributed by atoms with E-state index >= 15 is 0 Å². The number of hydrogen-bond donors (Lipinski definition) is 2. The van der Waals surface area contributed by atoms with Gasteiger partial charge in [-0.25, -0.2) is 9.59 Å². The Balaban J connectivity index is 1.24. The van der Waals surface area contributed by atoms with Crippen molar-refractivity contribution < 1.29 is 14.7 Å². The van der Waals surface area contributed by atoms with Gasteiger partial charge in [-0.1, -0.05) is 0 Å². The van der Waals surface area contributed by atoms with E-state index in [4.69, 9.17) is 5.11 Å². The molecule has 7 heteroatoms. The standard InChI is InChI=1S/C17H22N4O3/c22-15(21-10-12-1-4-18-8-13(12)11-21)19-9-14-7-17(14)2-5-20(6-3-17)16(23)24/h1,4,8,14H,2-3,5-7,9-11H2,(H,19,22)(H,23,24). The van der Waals surface area contributed by atoms with Crippen molar-refractivity contribution in [1.82, 2.24) is 20.1 Å². The van der Waals surface area contributed by atoms with Crippen LogP contribution in [0.3, 0.4) is 0 Å². The van der Waals surface area contributed by atoms with Crippen LogP contribution in [0.5, 0.6) is 0 Å². The minimum absolute atomic E-state index is 0.0174. The number of fused-ring (bicyclic) bond motifs is 1. The molecule has 3 heterocycles. The Labute approximate surface area is 140 Å². The summed E-state index contributed by atoms with van der Waals surface area (Å²) in [4.78, 5) is 30.8. The van der Waals surface area contributed by atoms with Crippen molar-refractivity contribution >= 4 is 12.1 Å². The minimum atomic E-state index is -0.821. The van der Waals surface area contributed by atoms with Crippen LogP contribution in [0, 0.1) is 11.3 Å². The van der Waals surface area contributed by atoms with Gasteiger partial charge >= 0.3 is 12.1 Å². The van der Waals surface area contributed by atoms with Gasteiger partial charge in [-0.05, 0) is 47.8 Å². The molecule has 0 bridgehead atoms. The monoisotopic (exact) mass is 330 g/mol. The number of likely N-dealkylation sites (tertiary alicyclic amines) is 1. The first-order valence-corrected chi connectivity index (χ1v) is 8.50. The molecule has 128 valence electrons. The summed E-state index contributed by atoms with van der Waals surface area (Å²) in [6, 6.07) is 1.95. The van der Waals surface area contributed by atoms with E-state index in [1.807, 2.05) is 17.2 Å². The molecule has 2 fully saturated rings. The normalized spacial score (nSPS) is 23.9. The molecule has 3 aliphatic rings. The van der Waals surface area contributed by atoms with Gasteiger partial charge in [0.2, 0.25) is 0 Å². The van der Waals surface area contributed by atoms with Crippen molar-refractivity contribution in [3.63, 3.8) is 0 Å². The Bertz CT molecular complexity index is 645. The van der Waals surface area contributed by atoms with Crippen molar-refractivity contribution in [2.75, 3.05) is 19.6 Å². The average Bonchev–Trinajstić information content (AvgIpc) is 3.06. The largest absolute Gasteiger partial charge is 0.465 e. The third-order valence-electron chi connectivity index (χ3n) is 5.90. The molecule has 2 aliphatic heterocycles. The number of carbonyl (C=O) groups is 2. The molecule has 3 amide bonds. The highest BCUT2D eigenvalue weighted by Gasteiger charge is 2.54. The molecule has 1 spiro atoms. The summed E-state index contributed by atoms with van der Waals surface area (Å²) in [6.07, 6.45) is 5.71. The number of carbonyl (C=O) groups excluding carboxylic acids is 1. The zero-order valence-corrected chi connectivity index (χ0v) is 13.6. The second kappa shape index (κ2) is 5.65. The van der Waals surface area contributed by atoms with Crippen LogP contribution < -0.4 is 5.32 Å². The van der Waals surface area contributed by atoms with Crippen LogP contribution in [0.15, 0.2) is 18.5 Å². The van der Waals surface area contributed by atoms with Gasteiger partial charge in [-0.3, -0.25) is 4.98 Å². The summed E-state index contributed by atoms with van der Waals surface area (Å²) in [5.41, 5.74) is 2.55. The van der Waals surface area contributed by atoms with Crippen molar-refractivity contribution in [2.45, 2.75) is 32.4 Å². The fourth-order valence-electron chi connectivity index (χ4n) is 4.16. The molecule has 4 rings (SSSR count). The lowest BCUT2D eigenvalue weighted by molar-refractivity contribution is 0.117. The first kappa shape index (κ1) is 15.2. The van der Waals surface area contributed by atoms with Crippen LogP contribution in [0.4, 0.5) is 9.59 Å². The molecule has 1 saturated heterocycles. The number of piperidine rings is 1. The van der Waals surface area contributed by atoms with Crippen molar-refractivity contribution in [2.24, 2.45) is 11.3 Å². The topological polar surface area (TPSA) is 85.8 Å². The lowest BCUT2D eigenvalue weighted by Gasteiger charge is -2.31. The summed E-state index contributed by atoms with van der Waals surface area (Å²) in [7, 11) is 0. The number of rotatable bonds is 2. The number of aromatic nitrogens is 1. The predicted octanol–water partition coefficient (Wildman–Crippen LogP) is 1.89. The molecule has 0 aromatic carbocycles. The van der Waals surface area contributed by atoms with E-state index in [1.54, 1.807) is 6.20 Å². The van der Waals surface area contributed by atoms with E-state index in [2.05, 4.69) is 10.3 Å². The molecular formula is C17H22N4O3. The van der Waals surface area contributed by atoms with Gasteiger partial charge in [0, 0.05) is 45.1 Å². The Morgan fingerprint density at radius 3 is 2.71 bits per heavy atom. The molecule has 1 unspecified atom stereocenters. The third kappa shape index (κ3) is 2.68. The first-order valence-electron chi connectivity index (χ1n) is 8.50. The van der Waals surface area contributed by atoms with Crippen LogP contribution in [-0.2, 0) is 13.1 Å². The Kier molecular flexibility index (Phi) is 3.58. The lowest BCUT2D eigenvalue weighted by Crippen LogP contribution is -2.40. The SMILES string of the molecule is O=C(O)N1CCC2(CC1)CC2CNC(=O)N1Cc2ccncc2C1. The van der Waals surface area contributed by atoms with Crippen molar-refractivity contribution in [3.8, 4) is 0 Å². The minimum Gasteiger partial charge on any atom is -0.465 e. The molecule has 1 aromatic rings. The van der Waals surface area contributed by atoms with Crippen LogP contribution in [0.25, 0.3) is 0 Å². The second-order valence-corrected chi connectivity index (χ2v) is 7.22. The number of nitrogens with one attached hydrogen (secondary N) is 1. The quantitative estimate of drug-likeness (QED) is 0.867. The molecule has 2 N–H and O–H groups in total. The molecule has 1 aliphatic carbocycles. The Morgan fingerprint density at radius 2 is 2.00 bits per heavy atom. The van der Waals surface area contributed by atoms with Gasteiger partial charge in [0.15, 0.2) is 0 Å². The average molecular weight is 330 g/mol. The van der Waals surface area contributed by atoms with Gasteiger partial charge in [0.25, 0.3) is 0 Å². The number of pyridine rings is 1. The fraction of sp³-hybridized carbons (Fsp3) is 0.588. The van der Waals surface area contributed by atoms with Crippen LogP contribution in [0.2, 0.25) is 0 Å². The molecule has 0 radical (unpaired) electrons. The molecule has 24 heavy (non-hydrogen) atoms. The van der Waals surface area contributed by atoms with Gasteiger partial charge in [-0.2, -0.15) is 0 Å². The van der Waals surface area contributed by atoms with Gasteiger partial charge in [0.1, 0.15) is 0 Å². The summed E-state index contributed by atoms with van der Waals surface area (Å²) in [5.74, 6) is 0.490. The number of amides is 3. The maximum atomic E-state index is 12.4. The van der Waals surface area contributed by atoms with E-state index in [0.717, 1.165) is 24.8 Å². The highest BCUT2D eigenvalue weighted by Crippen LogP contribution is 2.59. The molecule has 1 saturated carbocycles. The van der Waals surface area contributed by atoms with Gasteiger partial charge < -0.3 is 20.2 Å². The highest BCUT2D eigenvalue weighted by molar-refractivity contribution is 5.75. The van der Waals surface area contributed by atoms with E-state index < -0.39 is 6.09 Å². The Hall–Kier alpha value is -2.31. The summed E-state index contributed by atoms with van der Waals surface area (Å²) in [6.45, 7) is 3.20. The van der Waals surface area contributed by atoms with E-state index in [-0.39, 0.29) is 11.4 Å². The molecule has 1 atom stereocenters. The first-order chi connectivity index (χ1) is 11.6. The highest BCUT2D eigenvalue weighted by atomic mass is 16.4. The summed E-state index contributed by atoms with van der Waals surface area (Å²) < 4.78 is 0. The van der Waals surface area contributed by atoms with E-state index in [9.17, 15) is 9.59 Å². The van der Waals surface area contributed by atoms with Crippen LogP contribution in [0.1, 0.15) is 30.4 Å². The molecule has 1 aromatic heterocycles. The predicted molar refractivity (Wildman–Crippen MR) is 86.3 cm³/mol.